The van der Waals surface area contributed by atoms with E-state index in [1.165, 1.54) is 12.2 Å². The third-order valence-corrected chi connectivity index (χ3v) is 1.72. The molecule has 1 aromatic rings. The molecule has 6 heteroatoms. The summed E-state index contributed by atoms with van der Waals surface area (Å²) in [5.74, 6) is -0.553. The van der Waals surface area contributed by atoms with Gasteiger partial charge in [-0.15, -0.1) is 0 Å². The van der Waals surface area contributed by atoms with Gasteiger partial charge >= 0.3 is 6.18 Å². The summed E-state index contributed by atoms with van der Waals surface area (Å²) in [6, 6.07) is 1.78. The standard InChI is InChI=1S/C10H9F3N2O/c11-10(12,13)7-4-5-15-8(6-7)2-1-3-9(14)16/h1-2,4-6H,3H2,(H2,14,16). The molecule has 0 aliphatic heterocycles. The van der Waals surface area contributed by atoms with Crippen LogP contribution in [-0.4, -0.2) is 10.9 Å². The van der Waals surface area contributed by atoms with Crippen molar-refractivity contribution in [1.29, 1.82) is 0 Å². The molecule has 2 N–H and O–H groups in total. The Bertz CT molecular complexity index is 413. The van der Waals surface area contributed by atoms with Crippen LogP contribution in [0, 0.1) is 0 Å². The number of nitrogens with two attached hydrogens (primary N) is 1. The number of nitrogens with zero attached hydrogens (tertiary/aromatic N) is 1. The molecule has 0 saturated carbocycles. The zero-order valence-corrected chi connectivity index (χ0v) is 8.16. The molecule has 0 aromatic carbocycles. The monoisotopic (exact) mass is 230 g/mol. The van der Waals surface area contributed by atoms with Crippen molar-refractivity contribution in [2.24, 2.45) is 5.73 Å². The topological polar surface area (TPSA) is 56.0 Å². The van der Waals surface area contributed by atoms with Crippen LogP contribution in [-0.2, 0) is 11.0 Å². The Balaban J connectivity index is 2.83. The van der Waals surface area contributed by atoms with Crippen LogP contribution in [0.2, 0.25) is 0 Å². The summed E-state index contributed by atoms with van der Waals surface area (Å²) in [7, 11) is 0. The van der Waals surface area contributed by atoms with Crippen LogP contribution in [0.4, 0.5) is 13.2 Å². The van der Waals surface area contributed by atoms with E-state index >= 15 is 0 Å². The first-order valence-electron chi connectivity index (χ1n) is 4.37. The van der Waals surface area contributed by atoms with Crippen LogP contribution in [0.1, 0.15) is 17.7 Å². The number of halogens is 3. The molecule has 0 saturated heterocycles. The highest BCUT2D eigenvalue weighted by Crippen LogP contribution is 2.29. The van der Waals surface area contributed by atoms with E-state index in [1.807, 2.05) is 0 Å². The van der Waals surface area contributed by atoms with E-state index in [0.717, 1.165) is 18.3 Å². The zero-order valence-electron chi connectivity index (χ0n) is 8.16. The molecule has 0 aliphatic carbocycles. The molecule has 86 valence electrons. The highest BCUT2D eigenvalue weighted by molar-refractivity contribution is 5.76. The van der Waals surface area contributed by atoms with E-state index in [2.05, 4.69) is 4.98 Å². The van der Waals surface area contributed by atoms with Gasteiger partial charge in [0.2, 0.25) is 5.91 Å². The van der Waals surface area contributed by atoms with Crippen molar-refractivity contribution in [3.63, 3.8) is 0 Å². The smallest absolute Gasteiger partial charge is 0.369 e. The van der Waals surface area contributed by atoms with Crippen LogP contribution in [0.3, 0.4) is 0 Å². The average molecular weight is 230 g/mol. The van der Waals surface area contributed by atoms with Crippen LogP contribution >= 0.6 is 0 Å². The van der Waals surface area contributed by atoms with Crippen LogP contribution in [0.5, 0.6) is 0 Å². The van der Waals surface area contributed by atoms with Crippen LogP contribution in [0.25, 0.3) is 6.08 Å². The van der Waals surface area contributed by atoms with E-state index in [4.69, 9.17) is 5.73 Å². The number of amides is 1. The van der Waals surface area contributed by atoms with Crippen molar-refractivity contribution < 1.29 is 18.0 Å². The Morgan fingerprint density at radius 1 is 1.50 bits per heavy atom. The third kappa shape index (κ3) is 3.72. The van der Waals surface area contributed by atoms with Crippen molar-refractivity contribution in [2.75, 3.05) is 0 Å². The molecule has 1 amide bonds. The lowest BCUT2D eigenvalue weighted by Crippen LogP contribution is -2.08. The van der Waals surface area contributed by atoms with E-state index in [9.17, 15) is 18.0 Å². The van der Waals surface area contributed by atoms with Gasteiger partial charge in [0, 0.05) is 12.6 Å². The van der Waals surface area contributed by atoms with Crippen molar-refractivity contribution in [3.8, 4) is 0 Å². The summed E-state index contributed by atoms with van der Waals surface area (Å²) in [5, 5.41) is 0. The van der Waals surface area contributed by atoms with Crippen molar-refractivity contribution in [1.82, 2.24) is 4.98 Å². The van der Waals surface area contributed by atoms with Gasteiger partial charge in [-0.2, -0.15) is 13.2 Å². The molecule has 0 radical (unpaired) electrons. The van der Waals surface area contributed by atoms with E-state index in [-0.39, 0.29) is 12.1 Å². The largest absolute Gasteiger partial charge is 0.416 e. The van der Waals surface area contributed by atoms with Crippen molar-refractivity contribution in [2.45, 2.75) is 12.6 Å². The fraction of sp³-hybridized carbons (Fsp3) is 0.200. The minimum Gasteiger partial charge on any atom is -0.369 e. The molecule has 16 heavy (non-hydrogen) atoms. The Morgan fingerprint density at radius 2 is 2.19 bits per heavy atom. The molecule has 0 spiro atoms. The predicted octanol–water partition coefficient (Wildman–Crippen LogP) is 1.99. The van der Waals surface area contributed by atoms with E-state index in [0.29, 0.717) is 0 Å². The Hall–Kier alpha value is -1.85. The van der Waals surface area contributed by atoms with Gasteiger partial charge in [-0.05, 0) is 18.2 Å². The predicted molar refractivity (Wildman–Crippen MR) is 52.1 cm³/mol. The number of aromatic nitrogens is 1. The maximum Gasteiger partial charge on any atom is 0.416 e. The number of carbonyl (C=O) groups is 1. The second kappa shape index (κ2) is 4.78. The maximum absolute atomic E-state index is 12.3. The number of hydrogen-bond donors (Lipinski definition) is 1. The minimum atomic E-state index is -4.39. The number of hydrogen-bond acceptors (Lipinski definition) is 2. The molecule has 0 bridgehead atoms. The van der Waals surface area contributed by atoms with Gasteiger partial charge in [0.25, 0.3) is 0 Å². The van der Waals surface area contributed by atoms with E-state index < -0.39 is 17.6 Å². The first kappa shape index (κ1) is 12.2. The molecule has 1 rings (SSSR count). The summed E-state index contributed by atoms with van der Waals surface area (Å²) in [6.45, 7) is 0. The molecule has 3 nitrogen and oxygen atoms in total. The van der Waals surface area contributed by atoms with Gasteiger partial charge in [-0.3, -0.25) is 9.78 Å². The summed E-state index contributed by atoms with van der Waals surface area (Å²) in [6.07, 6.45) is -0.676. The highest BCUT2D eigenvalue weighted by atomic mass is 19.4. The molecule has 0 fully saturated rings. The highest BCUT2D eigenvalue weighted by Gasteiger charge is 2.30. The summed E-state index contributed by atoms with van der Waals surface area (Å²) < 4.78 is 36.9. The lowest BCUT2D eigenvalue weighted by atomic mass is 10.2. The van der Waals surface area contributed by atoms with Gasteiger partial charge in [0.05, 0.1) is 11.3 Å². The Morgan fingerprint density at radius 3 is 2.75 bits per heavy atom. The summed E-state index contributed by atoms with van der Waals surface area (Å²) >= 11 is 0. The number of primary amides is 1. The SMILES string of the molecule is NC(=O)CC=Cc1cc(C(F)(F)F)ccn1. The van der Waals surface area contributed by atoms with Gasteiger partial charge in [0.15, 0.2) is 0 Å². The second-order valence-electron chi connectivity index (χ2n) is 3.04. The normalized spacial score (nSPS) is 11.9. The summed E-state index contributed by atoms with van der Waals surface area (Å²) in [4.78, 5) is 14.1. The zero-order chi connectivity index (χ0) is 12.2. The fourth-order valence-electron chi connectivity index (χ4n) is 1.01. The Kier molecular flexibility index (Phi) is 3.65. The molecule has 0 unspecified atom stereocenters. The average Bonchev–Trinajstić information content (AvgIpc) is 2.16. The molecule has 1 aromatic heterocycles. The second-order valence-corrected chi connectivity index (χ2v) is 3.04. The van der Waals surface area contributed by atoms with Gasteiger partial charge in [-0.25, -0.2) is 0 Å². The van der Waals surface area contributed by atoms with Crippen LogP contribution in [0.15, 0.2) is 24.4 Å². The lowest BCUT2D eigenvalue weighted by molar-refractivity contribution is -0.137. The number of rotatable bonds is 3. The fourth-order valence-corrected chi connectivity index (χ4v) is 1.01. The maximum atomic E-state index is 12.3. The molecule has 0 atom stereocenters. The van der Waals surface area contributed by atoms with Gasteiger partial charge < -0.3 is 5.73 Å². The third-order valence-electron chi connectivity index (χ3n) is 1.72. The summed E-state index contributed by atoms with van der Waals surface area (Å²) in [5.41, 5.74) is 4.22. The van der Waals surface area contributed by atoms with Crippen LogP contribution < -0.4 is 5.73 Å². The molecule has 1 heterocycles. The number of pyridine rings is 1. The van der Waals surface area contributed by atoms with Gasteiger partial charge in [-0.1, -0.05) is 6.08 Å². The lowest BCUT2D eigenvalue weighted by Gasteiger charge is -2.05. The number of carbonyl (C=O) groups excluding carboxylic acids is 1. The minimum absolute atomic E-state index is 0.0298. The number of alkyl halides is 3. The first-order chi connectivity index (χ1) is 7.39. The molecular weight excluding hydrogens is 221 g/mol. The van der Waals surface area contributed by atoms with Gasteiger partial charge in [0.1, 0.15) is 0 Å². The molecule has 0 aliphatic rings. The molecular formula is C10H9F3N2O. The van der Waals surface area contributed by atoms with Crippen molar-refractivity contribution in [3.05, 3.63) is 35.7 Å². The first-order valence-corrected chi connectivity index (χ1v) is 4.37. The quantitative estimate of drug-likeness (QED) is 0.863. The Labute approximate surface area is 89.8 Å². The van der Waals surface area contributed by atoms with Crippen molar-refractivity contribution >= 4 is 12.0 Å². The van der Waals surface area contributed by atoms with E-state index in [1.54, 1.807) is 0 Å².